The molecule has 0 spiro atoms. The highest BCUT2D eigenvalue weighted by molar-refractivity contribution is 9.08. The Hall–Kier alpha value is -3.37. The van der Waals surface area contributed by atoms with Gasteiger partial charge in [0.05, 0.1) is 5.69 Å². The zero-order valence-corrected chi connectivity index (χ0v) is 14.8. The van der Waals surface area contributed by atoms with Crippen molar-refractivity contribution in [2.75, 3.05) is 16.8 Å². The van der Waals surface area contributed by atoms with Crippen LogP contribution in [0.3, 0.4) is 0 Å². The van der Waals surface area contributed by atoms with Crippen LogP contribution in [-0.4, -0.2) is 10.9 Å². The molecule has 3 rings (SSSR count). The summed E-state index contributed by atoms with van der Waals surface area (Å²) in [6, 6.07) is 5.74. The monoisotopic (exact) mass is 414 g/mol. The summed E-state index contributed by atoms with van der Waals surface area (Å²) in [5.74, 6) is -0.0903. The number of anilines is 3. The lowest BCUT2D eigenvalue weighted by atomic mass is 9.92. The summed E-state index contributed by atoms with van der Waals surface area (Å²) in [4.78, 5) is 8.57. The largest absolute Gasteiger partial charge is 0.397 e. The van der Waals surface area contributed by atoms with E-state index in [0.29, 0.717) is 16.7 Å². The summed E-state index contributed by atoms with van der Waals surface area (Å²) in [5.41, 5.74) is 13.4. The lowest BCUT2D eigenvalue weighted by Gasteiger charge is -2.27. The van der Waals surface area contributed by atoms with E-state index in [1.165, 1.54) is 6.07 Å². The van der Waals surface area contributed by atoms with Gasteiger partial charge in [-0.2, -0.15) is 10.5 Å². The normalized spacial score (nSPS) is 15.1. The fourth-order valence-electron chi connectivity index (χ4n) is 2.78. The van der Waals surface area contributed by atoms with Gasteiger partial charge >= 0.3 is 0 Å². The van der Waals surface area contributed by atoms with E-state index < -0.39 is 11.9 Å². The molecule has 0 saturated heterocycles. The van der Waals surface area contributed by atoms with Crippen LogP contribution in [0.2, 0.25) is 0 Å². The highest BCUT2D eigenvalue weighted by atomic mass is 79.9. The average Bonchev–Trinajstić information content (AvgIpc) is 2.61. The molecular weight excluding hydrogens is 403 g/mol. The molecule has 1 aliphatic rings. The molecule has 0 bridgehead atoms. The average molecular weight is 415 g/mol. The Balaban J connectivity index is 2.31. The van der Waals surface area contributed by atoms with E-state index in [1.54, 1.807) is 18.3 Å². The van der Waals surface area contributed by atoms with Gasteiger partial charge in [-0.15, -0.1) is 0 Å². The number of benzene rings is 1. The molecule has 1 unspecified atom stereocenters. The number of halogens is 2. The predicted octanol–water partition coefficient (Wildman–Crippen LogP) is 2.09. The highest BCUT2D eigenvalue weighted by Gasteiger charge is 2.31. The number of alkyl halides is 1. The Labute approximate surface area is 156 Å². The zero-order valence-electron chi connectivity index (χ0n) is 13.2. The highest BCUT2D eigenvalue weighted by Crippen LogP contribution is 2.42. The second kappa shape index (κ2) is 6.86. The molecule has 1 atom stereocenters. The number of nitriles is 2. The van der Waals surface area contributed by atoms with Crippen LogP contribution < -0.4 is 22.1 Å². The van der Waals surface area contributed by atoms with Crippen LogP contribution in [0.25, 0.3) is 0 Å². The summed E-state index contributed by atoms with van der Waals surface area (Å²) >= 11 is 3.28. The fourth-order valence-corrected chi connectivity index (χ4v) is 3.37. The lowest BCUT2D eigenvalue weighted by Crippen LogP contribution is -2.33. The van der Waals surface area contributed by atoms with Crippen molar-refractivity contribution in [3.05, 3.63) is 46.3 Å². The van der Waals surface area contributed by atoms with E-state index in [-0.39, 0.29) is 34.2 Å². The van der Waals surface area contributed by atoms with E-state index in [9.17, 15) is 9.65 Å². The topological polar surface area (TPSA) is 149 Å². The number of fused-ring (bicyclic) bond motifs is 1. The molecule has 2 heterocycles. The summed E-state index contributed by atoms with van der Waals surface area (Å²) in [5, 5.41) is 23.7. The molecule has 6 N–H and O–H groups in total. The molecule has 130 valence electrons. The van der Waals surface area contributed by atoms with Gasteiger partial charge in [-0.3, -0.25) is 5.32 Å². The Bertz CT molecular complexity index is 1000. The van der Waals surface area contributed by atoms with Crippen LogP contribution in [0.15, 0.2) is 23.2 Å². The van der Waals surface area contributed by atoms with Crippen molar-refractivity contribution in [2.45, 2.75) is 11.4 Å². The van der Waals surface area contributed by atoms with Gasteiger partial charge < -0.3 is 16.8 Å². The molecule has 0 fully saturated rings. The molecule has 2 aromatic rings. The van der Waals surface area contributed by atoms with E-state index >= 15 is 0 Å². The van der Waals surface area contributed by atoms with Crippen molar-refractivity contribution in [2.24, 2.45) is 4.99 Å². The number of pyridine rings is 1. The molecule has 0 aliphatic carbocycles. The molecule has 1 aromatic heterocycles. The first-order valence-electron chi connectivity index (χ1n) is 7.33. The van der Waals surface area contributed by atoms with Crippen molar-refractivity contribution >= 4 is 39.2 Å². The second-order valence-electron chi connectivity index (χ2n) is 5.34. The minimum atomic E-state index is -0.773. The number of hydrogen-bond donors (Lipinski definition) is 4. The SMILES string of the molecule is N#CNC1=NC(c2cccc(F)c2CBr)c2c(nc(N)c(C#N)c2N)N1. The van der Waals surface area contributed by atoms with Gasteiger partial charge in [-0.05, 0) is 11.6 Å². The first-order chi connectivity index (χ1) is 12.5. The maximum atomic E-state index is 14.3. The van der Waals surface area contributed by atoms with Crippen molar-refractivity contribution in [3.8, 4) is 12.3 Å². The second-order valence-corrected chi connectivity index (χ2v) is 5.90. The van der Waals surface area contributed by atoms with Crippen molar-refractivity contribution in [1.82, 2.24) is 10.3 Å². The Morgan fingerprint density at radius 2 is 2.12 bits per heavy atom. The minimum absolute atomic E-state index is 0.0271. The molecule has 1 aromatic carbocycles. The molecule has 0 radical (unpaired) electrons. The first-order valence-corrected chi connectivity index (χ1v) is 8.46. The Kier molecular flexibility index (Phi) is 4.61. The number of hydrogen-bond acceptors (Lipinski definition) is 8. The van der Waals surface area contributed by atoms with Gasteiger partial charge in [-0.25, -0.2) is 14.4 Å². The first kappa shape index (κ1) is 17.5. The number of nitrogens with two attached hydrogens (primary N) is 2. The van der Waals surface area contributed by atoms with Crippen molar-refractivity contribution in [3.63, 3.8) is 0 Å². The van der Waals surface area contributed by atoms with E-state index in [1.807, 2.05) is 6.07 Å². The van der Waals surface area contributed by atoms with Gasteiger partial charge in [-0.1, -0.05) is 28.1 Å². The number of aliphatic imine (C=N–C) groups is 1. The molecule has 1 aliphatic heterocycles. The number of nitrogen functional groups attached to an aromatic ring is 2. The maximum Gasteiger partial charge on any atom is 0.211 e. The van der Waals surface area contributed by atoms with E-state index in [2.05, 4.69) is 36.5 Å². The van der Waals surface area contributed by atoms with Gasteiger partial charge in [0.15, 0.2) is 6.19 Å². The van der Waals surface area contributed by atoms with Gasteiger partial charge in [0.25, 0.3) is 0 Å². The maximum absolute atomic E-state index is 14.3. The van der Waals surface area contributed by atoms with Crippen LogP contribution in [0.5, 0.6) is 0 Å². The number of aromatic nitrogens is 1. The quantitative estimate of drug-likeness (QED) is 0.333. The Morgan fingerprint density at radius 3 is 2.77 bits per heavy atom. The molecular formula is C16H12BrFN8. The smallest absolute Gasteiger partial charge is 0.211 e. The van der Waals surface area contributed by atoms with Crippen LogP contribution in [0.1, 0.15) is 28.3 Å². The van der Waals surface area contributed by atoms with E-state index in [0.717, 1.165) is 0 Å². The Morgan fingerprint density at radius 1 is 1.35 bits per heavy atom. The molecule has 0 amide bonds. The number of nitrogens with zero attached hydrogens (tertiary/aromatic N) is 4. The van der Waals surface area contributed by atoms with Crippen molar-refractivity contribution < 1.29 is 4.39 Å². The van der Waals surface area contributed by atoms with Gasteiger partial charge in [0, 0.05) is 16.5 Å². The van der Waals surface area contributed by atoms with Crippen LogP contribution in [0, 0.1) is 28.6 Å². The summed E-state index contributed by atoms with van der Waals surface area (Å²) in [7, 11) is 0. The predicted molar refractivity (Wildman–Crippen MR) is 98.5 cm³/mol. The summed E-state index contributed by atoms with van der Waals surface area (Å²) < 4.78 is 14.3. The van der Waals surface area contributed by atoms with E-state index in [4.69, 9.17) is 16.7 Å². The van der Waals surface area contributed by atoms with Gasteiger partial charge in [0.1, 0.15) is 35.1 Å². The zero-order chi connectivity index (χ0) is 18.8. The molecule has 26 heavy (non-hydrogen) atoms. The third-order valence-corrected chi connectivity index (χ3v) is 4.50. The number of guanidine groups is 1. The molecule has 10 heteroatoms. The summed E-state index contributed by atoms with van der Waals surface area (Å²) in [6.45, 7) is 0. The standard InChI is InChI=1S/C16H12BrFN8/c17-4-8-7(2-1-3-10(8)18)13-11-12(21)9(5-19)14(22)25-15(11)26-16(24-13)23-6-20/h1-3,13H,4H2,(H6,21,22,23,24,25,26). The summed E-state index contributed by atoms with van der Waals surface area (Å²) in [6.07, 6.45) is 1.76. The third kappa shape index (κ3) is 2.76. The van der Waals surface area contributed by atoms with Crippen LogP contribution >= 0.6 is 15.9 Å². The van der Waals surface area contributed by atoms with Gasteiger partial charge in [0.2, 0.25) is 5.96 Å². The minimum Gasteiger partial charge on any atom is -0.397 e. The molecule has 8 nitrogen and oxygen atoms in total. The lowest BCUT2D eigenvalue weighted by molar-refractivity contribution is 0.612. The number of nitrogens with one attached hydrogen (secondary N) is 2. The third-order valence-electron chi connectivity index (χ3n) is 3.94. The van der Waals surface area contributed by atoms with Crippen LogP contribution in [0.4, 0.5) is 21.7 Å². The molecule has 0 saturated carbocycles. The number of rotatable bonds is 2. The van der Waals surface area contributed by atoms with Crippen LogP contribution in [-0.2, 0) is 5.33 Å². The fraction of sp³-hybridized carbons (Fsp3) is 0.125. The van der Waals surface area contributed by atoms with Crippen molar-refractivity contribution in [1.29, 1.82) is 10.5 Å².